The minimum absolute atomic E-state index is 0.0675. The zero-order valence-corrected chi connectivity index (χ0v) is 18.9. The van der Waals surface area contributed by atoms with Gasteiger partial charge in [-0.1, -0.05) is 23.2 Å². The van der Waals surface area contributed by atoms with Gasteiger partial charge in [-0.2, -0.15) is 5.10 Å². The van der Waals surface area contributed by atoms with Gasteiger partial charge in [-0.15, -0.1) is 0 Å². The minimum Gasteiger partial charge on any atom is -0.482 e. The van der Waals surface area contributed by atoms with Crippen molar-refractivity contribution in [2.45, 2.75) is 31.9 Å². The Hall–Kier alpha value is -2.29. The van der Waals surface area contributed by atoms with E-state index in [-0.39, 0.29) is 10.8 Å². The normalized spacial score (nSPS) is 16.4. The molecule has 1 aromatic carbocycles. The van der Waals surface area contributed by atoms with Crippen molar-refractivity contribution in [2.75, 3.05) is 18.8 Å². The molecular formula is C21H23BCl2FN5O. The van der Waals surface area contributed by atoms with Crippen LogP contribution in [0.25, 0.3) is 11.1 Å². The molecule has 0 spiro atoms. The predicted octanol–water partition coefficient (Wildman–Crippen LogP) is 4.30. The molecule has 4 rings (SSSR count). The number of aromatic nitrogens is 3. The van der Waals surface area contributed by atoms with E-state index in [1.165, 1.54) is 12.1 Å². The molecule has 0 bridgehead atoms. The molecule has 31 heavy (non-hydrogen) atoms. The number of benzene rings is 1. The summed E-state index contributed by atoms with van der Waals surface area (Å²) in [4.78, 5) is 6.59. The summed E-state index contributed by atoms with van der Waals surface area (Å²) in [7, 11) is 2.14. The van der Waals surface area contributed by atoms with Gasteiger partial charge < -0.3 is 15.3 Å². The van der Waals surface area contributed by atoms with Gasteiger partial charge in [0.05, 0.1) is 17.3 Å². The average molecular weight is 462 g/mol. The number of ether oxygens (including phenoxy) is 1. The zero-order chi connectivity index (χ0) is 22.1. The van der Waals surface area contributed by atoms with E-state index >= 15 is 0 Å². The second kappa shape index (κ2) is 9.06. The molecule has 0 saturated carbocycles. The average Bonchev–Trinajstić information content (AvgIpc) is 3.23. The highest BCUT2D eigenvalue weighted by Crippen LogP contribution is 2.37. The van der Waals surface area contributed by atoms with E-state index in [0.29, 0.717) is 22.4 Å². The predicted molar refractivity (Wildman–Crippen MR) is 124 cm³/mol. The maximum absolute atomic E-state index is 13.9. The molecule has 2 N–H and O–H groups in total. The van der Waals surface area contributed by atoms with Crippen LogP contribution in [0.2, 0.25) is 10.0 Å². The van der Waals surface area contributed by atoms with E-state index in [9.17, 15) is 4.39 Å². The molecule has 3 heterocycles. The molecule has 0 aliphatic carbocycles. The number of nitrogen functional groups attached to an aromatic ring is 1. The molecule has 2 aromatic heterocycles. The van der Waals surface area contributed by atoms with Gasteiger partial charge in [0.15, 0.2) is 19.5 Å². The molecule has 1 saturated heterocycles. The third kappa shape index (κ3) is 4.66. The van der Waals surface area contributed by atoms with Crippen molar-refractivity contribution in [3.05, 3.63) is 58.2 Å². The summed E-state index contributed by atoms with van der Waals surface area (Å²) in [6.45, 7) is 3.85. The number of halogens is 3. The lowest BCUT2D eigenvalue weighted by molar-refractivity contribution is 0.227. The molecule has 0 amide bonds. The molecule has 1 aliphatic rings. The third-order valence-electron chi connectivity index (χ3n) is 5.67. The van der Waals surface area contributed by atoms with Gasteiger partial charge in [0.1, 0.15) is 11.9 Å². The second-order valence-electron chi connectivity index (χ2n) is 7.87. The summed E-state index contributed by atoms with van der Waals surface area (Å²) in [5.41, 5.74) is 8.15. The first-order chi connectivity index (χ1) is 14.8. The molecule has 162 valence electrons. The van der Waals surface area contributed by atoms with Gasteiger partial charge >= 0.3 is 0 Å². The fraction of sp³-hybridized carbons (Fsp3) is 0.333. The Morgan fingerprint density at radius 3 is 2.71 bits per heavy atom. The molecule has 1 atom stereocenters. The highest BCUT2D eigenvalue weighted by atomic mass is 35.5. The largest absolute Gasteiger partial charge is 0.482 e. The third-order valence-corrected chi connectivity index (χ3v) is 6.38. The fourth-order valence-corrected chi connectivity index (χ4v) is 4.50. The molecule has 1 aliphatic heterocycles. The Kier molecular flexibility index (Phi) is 6.41. The SMILES string of the molecule is BN1CCC(n2cc(-c3cnc(N)c(O[C@@H](C)c4c(Cl)ccc(F)c4Cl)c3)cn2)CC1. The number of nitrogens with zero attached hydrogens (tertiary/aromatic N) is 4. The summed E-state index contributed by atoms with van der Waals surface area (Å²) < 4.78 is 21.9. The highest BCUT2D eigenvalue weighted by molar-refractivity contribution is 6.36. The van der Waals surface area contributed by atoms with Gasteiger partial charge in [-0.25, -0.2) is 9.37 Å². The van der Waals surface area contributed by atoms with Crippen molar-refractivity contribution < 1.29 is 9.13 Å². The molecule has 6 nitrogen and oxygen atoms in total. The van der Waals surface area contributed by atoms with Gasteiger partial charge in [-0.05, 0) is 51.1 Å². The smallest absolute Gasteiger partial charge is 0.185 e. The van der Waals surface area contributed by atoms with Gasteiger partial charge in [-0.3, -0.25) is 4.68 Å². The molecular weight excluding hydrogens is 439 g/mol. The van der Waals surface area contributed by atoms with Crippen LogP contribution in [-0.2, 0) is 0 Å². The van der Waals surface area contributed by atoms with Crippen LogP contribution in [0.1, 0.15) is 37.5 Å². The Morgan fingerprint density at radius 2 is 1.97 bits per heavy atom. The number of piperidine rings is 1. The molecule has 1 fully saturated rings. The maximum Gasteiger partial charge on any atom is 0.185 e. The minimum atomic E-state index is -0.628. The van der Waals surface area contributed by atoms with Crippen molar-refractivity contribution in [2.24, 2.45) is 0 Å². The summed E-state index contributed by atoms with van der Waals surface area (Å²) in [6.07, 6.45) is 7.04. The second-order valence-corrected chi connectivity index (χ2v) is 8.65. The number of hydrogen-bond donors (Lipinski definition) is 1. The summed E-state index contributed by atoms with van der Waals surface area (Å²) in [5, 5.41) is 4.81. The van der Waals surface area contributed by atoms with Crippen LogP contribution in [0, 0.1) is 5.82 Å². The summed E-state index contributed by atoms with van der Waals surface area (Å²) in [6, 6.07) is 4.86. The van der Waals surface area contributed by atoms with Gasteiger partial charge in [0.25, 0.3) is 0 Å². The van der Waals surface area contributed by atoms with Crippen LogP contribution in [0.5, 0.6) is 5.75 Å². The Labute approximate surface area is 191 Å². The van der Waals surface area contributed by atoms with Crippen LogP contribution in [0.4, 0.5) is 10.2 Å². The quantitative estimate of drug-likeness (QED) is 0.453. The first kappa shape index (κ1) is 21.9. The first-order valence-electron chi connectivity index (χ1n) is 10.1. The number of nitrogens with two attached hydrogens (primary N) is 1. The first-order valence-corrected chi connectivity index (χ1v) is 10.9. The Bertz CT molecular complexity index is 1090. The van der Waals surface area contributed by atoms with E-state index in [0.717, 1.165) is 37.1 Å². The lowest BCUT2D eigenvalue weighted by Gasteiger charge is -2.29. The molecule has 10 heteroatoms. The molecule has 0 radical (unpaired) electrons. The van der Waals surface area contributed by atoms with Gasteiger partial charge in [0.2, 0.25) is 0 Å². The van der Waals surface area contributed by atoms with Crippen LogP contribution in [0.15, 0.2) is 36.8 Å². The van der Waals surface area contributed by atoms with Crippen LogP contribution >= 0.6 is 23.2 Å². The van der Waals surface area contributed by atoms with E-state index in [2.05, 4.69) is 22.9 Å². The number of pyridine rings is 1. The van der Waals surface area contributed by atoms with Crippen molar-refractivity contribution >= 4 is 37.0 Å². The van der Waals surface area contributed by atoms with E-state index < -0.39 is 11.9 Å². The van der Waals surface area contributed by atoms with Crippen molar-refractivity contribution in [3.8, 4) is 16.9 Å². The van der Waals surface area contributed by atoms with E-state index in [1.54, 1.807) is 19.2 Å². The topological polar surface area (TPSA) is 69.2 Å². The molecule has 0 unspecified atom stereocenters. The monoisotopic (exact) mass is 461 g/mol. The number of rotatable bonds is 5. The maximum atomic E-state index is 13.9. The number of anilines is 1. The van der Waals surface area contributed by atoms with Crippen molar-refractivity contribution in [1.29, 1.82) is 0 Å². The van der Waals surface area contributed by atoms with Crippen LogP contribution in [0.3, 0.4) is 0 Å². The van der Waals surface area contributed by atoms with Crippen LogP contribution in [-0.4, -0.2) is 40.6 Å². The fourth-order valence-electron chi connectivity index (χ4n) is 3.82. The zero-order valence-electron chi connectivity index (χ0n) is 17.4. The lowest BCUT2D eigenvalue weighted by Crippen LogP contribution is -2.32. The van der Waals surface area contributed by atoms with E-state index in [1.807, 2.05) is 17.1 Å². The van der Waals surface area contributed by atoms with E-state index in [4.69, 9.17) is 33.7 Å². The van der Waals surface area contributed by atoms with Crippen molar-refractivity contribution in [1.82, 2.24) is 19.6 Å². The lowest BCUT2D eigenvalue weighted by atomic mass is 10.0. The summed E-state index contributed by atoms with van der Waals surface area (Å²) >= 11 is 12.3. The van der Waals surface area contributed by atoms with Crippen LogP contribution < -0.4 is 10.5 Å². The number of hydrogen-bond acceptors (Lipinski definition) is 5. The summed E-state index contributed by atoms with van der Waals surface area (Å²) in [5.74, 6) is 0.0353. The standard InChI is InChI=1S/C21H23BCl2FN5O/c1-12(19-16(23)2-3-17(25)20(19)24)31-18-8-13(9-27-21(18)26)14-10-28-30(11-14)15-4-6-29(22)7-5-15/h2-3,8-12,15H,4-7,22H2,1H3,(H2,26,27)/t12-/m0/s1. The Balaban J connectivity index is 1.56. The highest BCUT2D eigenvalue weighted by Gasteiger charge is 2.21. The molecule has 3 aromatic rings. The van der Waals surface area contributed by atoms with Crippen molar-refractivity contribution in [3.63, 3.8) is 0 Å². The Morgan fingerprint density at radius 1 is 1.23 bits per heavy atom. The van der Waals surface area contributed by atoms with Gasteiger partial charge in [0, 0.05) is 34.1 Å².